The van der Waals surface area contributed by atoms with Gasteiger partial charge in [-0.25, -0.2) is 0 Å². The molecule has 0 aliphatic carbocycles. The second-order valence-electron chi connectivity index (χ2n) is 4.57. The Labute approximate surface area is 106 Å². The number of morpholine rings is 1. The van der Waals surface area contributed by atoms with Gasteiger partial charge in [0, 0.05) is 32.8 Å². The second-order valence-corrected chi connectivity index (χ2v) is 4.57. The lowest BCUT2D eigenvalue weighted by molar-refractivity contribution is -0.0347. The first kappa shape index (κ1) is 14.9. The van der Waals surface area contributed by atoms with E-state index in [1.54, 1.807) is 0 Å². The van der Waals surface area contributed by atoms with Crippen molar-refractivity contribution in [1.82, 2.24) is 10.2 Å². The molecule has 4 heteroatoms. The van der Waals surface area contributed by atoms with E-state index in [4.69, 9.17) is 9.47 Å². The van der Waals surface area contributed by atoms with Crippen molar-refractivity contribution in [3.8, 4) is 0 Å². The topological polar surface area (TPSA) is 33.7 Å². The first-order valence-corrected chi connectivity index (χ1v) is 6.99. The molecule has 0 aromatic heterocycles. The molecule has 1 fully saturated rings. The highest BCUT2D eigenvalue weighted by Gasteiger charge is 2.19. The Morgan fingerprint density at radius 1 is 1.35 bits per heavy atom. The van der Waals surface area contributed by atoms with Crippen molar-refractivity contribution in [3.63, 3.8) is 0 Å². The van der Waals surface area contributed by atoms with Gasteiger partial charge in [-0.05, 0) is 13.0 Å². The summed E-state index contributed by atoms with van der Waals surface area (Å²) in [6.07, 6.45) is 2.73. The van der Waals surface area contributed by atoms with E-state index in [0.717, 1.165) is 52.5 Å². The summed E-state index contributed by atoms with van der Waals surface area (Å²) in [4.78, 5) is 2.44. The molecule has 102 valence electrons. The molecule has 0 aromatic rings. The summed E-state index contributed by atoms with van der Waals surface area (Å²) in [5.74, 6) is 0. The van der Waals surface area contributed by atoms with E-state index < -0.39 is 0 Å². The van der Waals surface area contributed by atoms with Crippen LogP contribution in [-0.4, -0.2) is 63.5 Å². The van der Waals surface area contributed by atoms with Crippen molar-refractivity contribution >= 4 is 0 Å². The smallest absolute Gasteiger partial charge is 0.0826 e. The molecule has 1 rings (SSSR count). The number of likely N-dealkylation sites (N-methyl/N-ethyl adjacent to an activating group) is 1. The molecule has 0 amide bonds. The van der Waals surface area contributed by atoms with Crippen LogP contribution in [0.2, 0.25) is 0 Å². The summed E-state index contributed by atoms with van der Waals surface area (Å²) in [6.45, 7) is 12.0. The molecule has 0 spiro atoms. The van der Waals surface area contributed by atoms with E-state index in [1.165, 1.54) is 12.8 Å². The lowest BCUT2D eigenvalue weighted by Crippen LogP contribution is -2.47. The van der Waals surface area contributed by atoms with Gasteiger partial charge in [0.1, 0.15) is 0 Å². The zero-order valence-corrected chi connectivity index (χ0v) is 11.4. The molecular weight excluding hydrogens is 216 g/mol. The summed E-state index contributed by atoms with van der Waals surface area (Å²) in [7, 11) is 0. The number of nitrogens with zero attached hydrogens (tertiary/aromatic N) is 1. The second kappa shape index (κ2) is 9.83. The van der Waals surface area contributed by atoms with Gasteiger partial charge in [-0.2, -0.15) is 0 Å². The quantitative estimate of drug-likeness (QED) is 0.616. The van der Waals surface area contributed by atoms with Gasteiger partial charge in [0.15, 0.2) is 0 Å². The SMILES string of the molecule is CCCCOCCN1CCOC(CNCC)C1. The molecule has 0 radical (unpaired) electrons. The lowest BCUT2D eigenvalue weighted by Gasteiger charge is -2.32. The van der Waals surface area contributed by atoms with Crippen LogP contribution in [0, 0.1) is 0 Å². The number of ether oxygens (including phenoxy) is 2. The fourth-order valence-electron chi connectivity index (χ4n) is 1.95. The molecular formula is C13H28N2O2. The van der Waals surface area contributed by atoms with Crippen molar-refractivity contribution in [2.75, 3.05) is 52.5 Å². The van der Waals surface area contributed by atoms with Crippen LogP contribution in [0.25, 0.3) is 0 Å². The minimum Gasteiger partial charge on any atom is -0.380 e. The van der Waals surface area contributed by atoms with Crippen molar-refractivity contribution in [2.45, 2.75) is 32.8 Å². The third-order valence-electron chi connectivity index (χ3n) is 3.04. The minimum absolute atomic E-state index is 0.347. The van der Waals surface area contributed by atoms with Crippen molar-refractivity contribution < 1.29 is 9.47 Å². The lowest BCUT2D eigenvalue weighted by atomic mass is 10.2. The zero-order chi connectivity index (χ0) is 12.3. The number of nitrogens with one attached hydrogen (secondary N) is 1. The predicted octanol–water partition coefficient (Wildman–Crippen LogP) is 1.11. The molecule has 1 aliphatic rings. The van der Waals surface area contributed by atoms with E-state index in [-0.39, 0.29) is 0 Å². The summed E-state index contributed by atoms with van der Waals surface area (Å²) in [6, 6.07) is 0. The molecule has 0 bridgehead atoms. The highest BCUT2D eigenvalue weighted by atomic mass is 16.5. The first-order chi connectivity index (χ1) is 8.36. The number of hydrogen-bond acceptors (Lipinski definition) is 4. The average molecular weight is 244 g/mol. The van der Waals surface area contributed by atoms with Gasteiger partial charge in [-0.3, -0.25) is 4.90 Å². The van der Waals surface area contributed by atoms with E-state index in [0.29, 0.717) is 6.10 Å². The third-order valence-corrected chi connectivity index (χ3v) is 3.04. The average Bonchev–Trinajstić information content (AvgIpc) is 2.37. The highest BCUT2D eigenvalue weighted by molar-refractivity contribution is 4.72. The monoisotopic (exact) mass is 244 g/mol. The van der Waals surface area contributed by atoms with Crippen LogP contribution >= 0.6 is 0 Å². The number of unbranched alkanes of at least 4 members (excludes halogenated alkanes) is 1. The van der Waals surface area contributed by atoms with E-state index >= 15 is 0 Å². The molecule has 1 N–H and O–H groups in total. The van der Waals surface area contributed by atoms with Gasteiger partial charge < -0.3 is 14.8 Å². The first-order valence-electron chi connectivity index (χ1n) is 6.99. The molecule has 1 heterocycles. The Balaban J connectivity index is 2.03. The van der Waals surface area contributed by atoms with E-state index in [2.05, 4.69) is 24.1 Å². The fraction of sp³-hybridized carbons (Fsp3) is 1.00. The highest BCUT2D eigenvalue weighted by Crippen LogP contribution is 2.04. The molecule has 0 aromatic carbocycles. The molecule has 1 aliphatic heterocycles. The van der Waals surface area contributed by atoms with Crippen LogP contribution in [0.5, 0.6) is 0 Å². The van der Waals surface area contributed by atoms with E-state index in [1.807, 2.05) is 0 Å². The maximum absolute atomic E-state index is 5.71. The minimum atomic E-state index is 0.347. The number of hydrogen-bond donors (Lipinski definition) is 1. The van der Waals surface area contributed by atoms with Gasteiger partial charge in [0.2, 0.25) is 0 Å². The van der Waals surface area contributed by atoms with E-state index in [9.17, 15) is 0 Å². The summed E-state index contributed by atoms with van der Waals surface area (Å²) in [5, 5.41) is 3.34. The van der Waals surface area contributed by atoms with Gasteiger partial charge >= 0.3 is 0 Å². The molecule has 0 saturated carbocycles. The van der Waals surface area contributed by atoms with Crippen molar-refractivity contribution in [2.24, 2.45) is 0 Å². The normalized spacial score (nSPS) is 21.9. The molecule has 1 saturated heterocycles. The molecule has 4 nitrogen and oxygen atoms in total. The Kier molecular flexibility index (Phi) is 8.61. The predicted molar refractivity (Wildman–Crippen MR) is 70.5 cm³/mol. The van der Waals surface area contributed by atoms with Gasteiger partial charge in [0.25, 0.3) is 0 Å². The molecule has 1 atom stereocenters. The zero-order valence-electron chi connectivity index (χ0n) is 11.4. The van der Waals surface area contributed by atoms with Crippen LogP contribution in [0.15, 0.2) is 0 Å². The number of rotatable bonds is 9. The Hall–Kier alpha value is -0.160. The van der Waals surface area contributed by atoms with Crippen LogP contribution in [0.4, 0.5) is 0 Å². The van der Waals surface area contributed by atoms with Crippen LogP contribution < -0.4 is 5.32 Å². The largest absolute Gasteiger partial charge is 0.380 e. The van der Waals surface area contributed by atoms with Crippen LogP contribution in [0.3, 0.4) is 0 Å². The summed E-state index contributed by atoms with van der Waals surface area (Å²) < 4.78 is 11.3. The third kappa shape index (κ3) is 6.99. The Morgan fingerprint density at radius 2 is 2.24 bits per heavy atom. The fourth-order valence-corrected chi connectivity index (χ4v) is 1.95. The maximum atomic E-state index is 5.71. The maximum Gasteiger partial charge on any atom is 0.0826 e. The van der Waals surface area contributed by atoms with Gasteiger partial charge in [-0.15, -0.1) is 0 Å². The molecule has 1 unspecified atom stereocenters. The summed E-state index contributed by atoms with van der Waals surface area (Å²) >= 11 is 0. The summed E-state index contributed by atoms with van der Waals surface area (Å²) in [5.41, 5.74) is 0. The Morgan fingerprint density at radius 3 is 3.00 bits per heavy atom. The van der Waals surface area contributed by atoms with Gasteiger partial charge in [0.05, 0.1) is 19.3 Å². The van der Waals surface area contributed by atoms with Crippen LogP contribution in [0.1, 0.15) is 26.7 Å². The van der Waals surface area contributed by atoms with Crippen molar-refractivity contribution in [1.29, 1.82) is 0 Å². The van der Waals surface area contributed by atoms with Crippen molar-refractivity contribution in [3.05, 3.63) is 0 Å². The van der Waals surface area contributed by atoms with Crippen LogP contribution in [-0.2, 0) is 9.47 Å². The standard InChI is InChI=1S/C13H28N2O2/c1-3-5-8-16-9-6-15-7-10-17-13(12-15)11-14-4-2/h13-14H,3-12H2,1-2H3. The van der Waals surface area contributed by atoms with Gasteiger partial charge in [-0.1, -0.05) is 20.3 Å². The Bertz CT molecular complexity index is 179. The molecule has 17 heavy (non-hydrogen) atoms.